The predicted molar refractivity (Wildman–Crippen MR) is 349 cm³/mol. The van der Waals surface area contributed by atoms with Crippen LogP contribution in [0.1, 0.15) is 37.4 Å². The molecule has 0 aliphatic carbocycles. The molecule has 10 aromatic rings. The van der Waals surface area contributed by atoms with Crippen LogP contribution in [0, 0.1) is 0 Å². The Labute approximate surface area is 504 Å². The molecule has 10 rings (SSSR count). The zero-order chi connectivity index (χ0) is 58.7. The molecule has 0 aliphatic rings. The van der Waals surface area contributed by atoms with E-state index in [-0.39, 0.29) is 28.5 Å². The van der Waals surface area contributed by atoms with E-state index in [0.717, 1.165) is 73.8 Å². The molecule has 17 nitrogen and oxygen atoms in total. The highest BCUT2D eigenvalue weighted by Crippen LogP contribution is 2.29. The smallest absolute Gasteiger partial charge is 0.222 e. The zero-order valence-electron chi connectivity index (χ0n) is 44.5. The number of carbonyl (C=O) groups excluding carboxylic acids is 2. The Kier molecular flexibility index (Phi) is 27.0. The van der Waals surface area contributed by atoms with E-state index in [4.69, 9.17) is 34.4 Å². The molecule has 2 aromatic carbocycles. The third-order valence-corrected chi connectivity index (χ3v) is 18.3. The number of hydrogen-bond donors (Lipinski definition) is 7. The summed E-state index contributed by atoms with van der Waals surface area (Å²) in [7, 11) is -3.37. The summed E-state index contributed by atoms with van der Waals surface area (Å²) < 4.78 is 23.8. The fraction of sp³-hybridized carbons (Fsp3) is 0.127. The van der Waals surface area contributed by atoms with Gasteiger partial charge in [-0.15, -0.1) is 92.0 Å². The molecular weight excluding hydrogens is 1200 g/mol. The molecule has 0 spiro atoms. The Hall–Kier alpha value is -6.98. The van der Waals surface area contributed by atoms with E-state index >= 15 is 0 Å². The Balaban J connectivity index is 0.000000183. The van der Waals surface area contributed by atoms with Gasteiger partial charge in [0.05, 0.1) is 41.5 Å². The maximum atomic E-state index is 11.5. The molecule has 0 amide bonds. The van der Waals surface area contributed by atoms with E-state index < -0.39 is 9.84 Å². The van der Waals surface area contributed by atoms with Crippen molar-refractivity contribution in [2.75, 3.05) is 59.0 Å². The summed E-state index contributed by atoms with van der Waals surface area (Å²) in [4.78, 5) is 51.2. The molecule has 8 heterocycles. The highest BCUT2D eigenvalue weighted by Gasteiger charge is 2.14. The standard InChI is InChI=1S/C15H15N5S.C9H9N3O2S2.C9H9N3S2.C9H10OS3.C7H10N2.C6H6OS/c16-11-5-2-1-4-10(11)9-18-14-8-12(19-15(17)20-14)13-6-3-7-21-13;1-16(13,14)8-5-6(11-9(10)12-8)7-3-2-4-15-7;1-13-8-5-6(11-9(10)12-8)7-3-2-4-14-7;1-11-9(12-2)6-7(10)8-4-3-5-13-8;8-5-6-3-1-2-4-7(6)9;1-5(7)6-3-2-4-8-6/h1-8H,9,16H2,(H3,17,18,19,20);2-5H,1H3,(H2,10,11,12);2-5H,1H3,(H2,10,11,12);3-6H,1-2H3;1-4H,5,8-9H2;2-4H,1H3. The van der Waals surface area contributed by atoms with Crippen LogP contribution in [0.3, 0.4) is 0 Å². The van der Waals surface area contributed by atoms with Crippen molar-refractivity contribution in [1.82, 2.24) is 29.9 Å². The van der Waals surface area contributed by atoms with Crippen molar-refractivity contribution in [3.8, 4) is 31.7 Å². The van der Waals surface area contributed by atoms with E-state index in [9.17, 15) is 18.0 Å². The average molecular weight is 1250 g/mol. The van der Waals surface area contributed by atoms with Gasteiger partial charge in [-0.1, -0.05) is 66.7 Å². The van der Waals surface area contributed by atoms with Gasteiger partial charge < -0.3 is 39.7 Å². The summed E-state index contributed by atoms with van der Waals surface area (Å²) in [6, 6.07) is 39.8. The van der Waals surface area contributed by atoms with Crippen LogP contribution >= 0.6 is 92.0 Å². The molecule has 0 atom stereocenters. The van der Waals surface area contributed by atoms with Crippen molar-refractivity contribution in [1.29, 1.82) is 0 Å². The summed E-state index contributed by atoms with van der Waals surface area (Å²) in [6.45, 7) is 2.69. The lowest BCUT2D eigenvalue weighted by Crippen LogP contribution is -2.06. The largest absolute Gasteiger partial charge is 0.398 e. The molecule has 8 aromatic heterocycles. The number of nitrogens with one attached hydrogen (secondary N) is 1. The van der Waals surface area contributed by atoms with Gasteiger partial charge in [-0.25, -0.2) is 33.3 Å². The van der Waals surface area contributed by atoms with Crippen LogP contribution < -0.4 is 39.7 Å². The summed E-state index contributed by atoms with van der Waals surface area (Å²) in [5.41, 5.74) is 39.5. The number of nitrogen functional groups attached to an aromatic ring is 5. The number of hydrogen-bond acceptors (Lipinski definition) is 25. The van der Waals surface area contributed by atoms with Gasteiger partial charge in [0.15, 0.2) is 26.4 Å². The summed E-state index contributed by atoms with van der Waals surface area (Å²) in [5, 5.41) is 13.8. The van der Waals surface area contributed by atoms with Gasteiger partial charge in [0.1, 0.15) is 10.8 Å². The number of rotatable bonds is 14. The Morgan fingerprint density at radius 3 is 1.43 bits per heavy atom. The van der Waals surface area contributed by atoms with E-state index in [1.165, 1.54) is 40.1 Å². The first-order valence-corrected chi connectivity index (χ1v) is 33.7. The molecular formula is C55H59N13O4S9. The molecule has 13 N–H and O–H groups in total. The molecule has 0 bridgehead atoms. The van der Waals surface area contributed by atoms with Gasteiger partial charge in [-0.2, -0.15) is 4.98 Å². The van der Waals surface area contributed by atoms with Gasteiger partial charge in [-0.05, 0) is 112 Å². The number of ketones is 2. The van der Waals surface area contributed by atoms with Crippen molar-refractivity contribution < 1.29 is 18.0 Å². The first kappa shape index (κ1) is 64.8. The van der Waals surface area contributed by atoms with Crippen molar-refractivity contribution in [3.05, 3.63) is 185 Å². The van der Waals surface area contributed by atoms with Crippen molar-refractivity contribution in [2.45, 2.75) is 30.1 Å². The first-order chi connectivity index (χ1) is 38.9. The van der Waals surface area contributed by atoms with E-state index in [2.05, 4.69) is 35.2 Å². The van der Waals surface area contributed by atoms with Gasteiger partial charge in [0, 0.05) is 53.2 Å². The molecule has 81 heavy (non-hydrogen) atoms. The number of benzene rings is 2. The van der Waals surface area contributed by atoms with Gasteiger partial charge in [0.2, 0.25) is 17.8 Å². The molecule has 0 radical (unpaired) electrons. The number of nitrogens with two attached hydrogens (primary N) is 6. The van der Waals surface area contributed by atoms with Crippen LogP contribution in [0.2, 0.25) is 0 Å². The number of anilines is 6. The fourth-order valence-electron chi connectivity index (χ4n) is 6.27. The Morgan fingerprint density at radius 1 is 0.556 bits per heavy atom. The number of nitrogens with zero attached hydrogens (tertiary/aromatic N) is 6. The third-order valence-electron chi connectivity index (χ3n) is 10.2. The monoisotopic (exact) mass is 1250 g/mol. The first-order valence-electron chi connectivity index (χ1n) is 23.7. The highest BCUT2D eigenvalue weighted by molar-refractivity contribution is 8.21. The maximum Gasteiger partial charge on any atom is 0.222 e. The molecule has 0 fully saturated rings. The Morgan fingerprint density at radius 2 is 1.01 bits per heavy atom. The molecule has 0 saturated carbocycles. The van der Waals surface area contributed by atoms with Crippen LogP contribution in [-0.2, 0) is 22.9 Å². The van der Waals surface area contributed by atoms with Crippen molar-refractivity contribution >= 4 is 148 Å². The van der Waals surface area contributed by atoms with Gasteiger partial charge in [-0.3, -0.25) is 9.59 Å². The molecule has 0 aliphatic heterocycles. The quantitative estimate of drug-likeness (QED) is 0.0175. The number of para-hydroxylation sites is 2. The molecule has 0 unspecified atom stereocenters. The van der Waals surface area contributed by atoms with Crippen molar-refractivity contribution in [3.63, 3.8) is 0 Å². The predicted octanol–water partition coefficient (Wildman–Crippen LogP) is 12.9. The highest BCUT2D eigenvalue weighted by atomic mass is 32.2. The second kappa shape index (κ2) is 33.7. The van der Waals surface area contributed by atoms with Crippen LogP contribution in [0.5, 0.6) is 0 Å². The third kappa shape index (κ3) is 22.1. The lowest BCUT2D eigenvalue weighted by Gasteiger charge is -2.09. The minimum Gasteiger partial charge on any atom is -0.398 e. The number of allylic oxidation sites excluding steroid dienone is 1. The van der Waals surface area contributed by atoms with Crippen LogP contribution in [0.4, 0.5) is 35.0 Å². The number of thioether (sulfide) groups is 3. The molecule has 422 valence electrons. The fourth-order valence-corrected chi connectivity index (χ4v) is 11.7. The van der Waals surface area contributed by atoms with Crippen LogP contribution in [-0.4, -0.2) is 74.9 Å². The summed E-state index contributed by atoms with van der Waals surface area (Å²) in [6.07, 6.45) is 8.71. The topological polar surface area (TPSA) is 314 Å². The lowest BCUT2D eigenvalue weighted by molar-refractivity contribution is 0.101. The van der Waals surface area contributed by atoms with Crippen LogP contribution in [0.15, 0.2) is 175 Å². The average Bonchev–Trinajstić information content (AvgIpc) is 4.34. The number of thiophene rings is 5. The minimum absolute atomic E-state index is 0.0358. The number of Topliss-reactive ketones (excluding diaryl/α,β-unsaturated/α-hetero) is 1. The van der Waals surface area contributed by atoms with E-state index in [0.29, 0.717) is 30.5 Å². The molecule has 0 saturated heterocycles. The van der Waals surface area contributed by atoms with Gasteiger partial charge >= 0.3 is 0 Å². The van der Waals surface area contributed by atoms with E-state index in [1.807, 2.05) is 167 Å². The number of aromatic nitrogens is 6. The minimum atomic E-state index is -3.37. The van der Waals surface area contributed by atoms with Crippen LogP contribution in [0.25, 0.3) is 31.7 Å². The maximum absolute atomic E-state index is 11.5. The van der Waals surface area contributed by atoms with Crippen molar-refractivity contribution in [2.24, 2.45) is 5.73 Å². The van der Waals surface area contributed by atoms with E-state index in [1.54, 1.807) is 71.0 Å². The second-order valence-corrected chi connectivity index (χ2v) is 25.5. The second-order valence-electron chi connectivity index (χ2n) is 16.0. The SMILES string of the molecule is CC(=O)c1cccs1.CS(=O)(=O)c1cc(-c2cccs2)nc(N)n1.CSC(=CC(=O)c1cccs1)SC.CSc1cc(-c2cccs2)nc(N)n1.NCc1ccccc1N.Nc1nc(NCc2ccccc2N)cc(-c2cccs2)n1. The van der Waals surface area contributed by atoms with Gasteiger partial charge in [0.25, 0.3) is 0 Å². The zero-order valence-corrected chi connectivity index (χ0v) is 51.8. The molecule has 26 heteroatoms. The lowest BCUT2D eigenvalue weighted by atomic mass is 10.2. The number of sulfone groups is 1. The summed E-state index contributed by atoms with van der Waals surface area (Å²) in [5.74, 6) is 1.50. The number of carbonyl (C=O) groups is 2. The normalized spacial score (nSPS) is 10.3. The summed E-state index contributed by atoms with van der Waals surface area (Å²) >= 11 is 12.5. The Bertz CT molecular complexity index is 3630.